The Labute approximate surface area is 159 Å². The fourth-order valence-corrected chi connectivity index (χ4v) is 3.36. The first-order valence-electron chi connectivity index (χ1n) is 9.12. The molecule has 0 aliphatic carbocycles. The Balaban J connectivity index is 1.46. The molecule has 2 aliphatic rings. The molecule has 1 amide bonds. The van der Waals surface area contributed by atoms with Crippen LogP contribution in [0.2, 0.25) is 0 Å². The number of aromatic nitrogens is 1. The van der Waals surface area contributed by atoms with E-state index in [-0.39, 0.29) is 17.1 Å². The van der Waals surface area contributed by atoms with Gasteiger partial charge in [0.05, 0.1) is 17.4 Å². The summed E-state index contributed by atoms with van der Waals surface area (Å²) in [7, 11) is -0.405. The Morgan fingerprint density at radius 3 is 2.56 bits per heavy atom. The highest BCUT2D eigenvalue weighted by molar-refractivity contribution is 6.51. The van der Waals surface area contributed by atoms with E-state index < -0.39 is 7.12 Å². The maximum Gasteiger partial charge on any atom is 0.486 e. The molecule has 4 rings (SSSR count). The summed E-state index contributed by atoms with van der Waals surface area (Å²) in [6.07, 6.45) is 5.07. The number of hydrogen-bond acceptors (Lipinski definition) is 5. The van der Waals surface area contributed by atoms with Crippen LogP contribution in [0.3, 0.4) is 0 Å². The minimum absolute atomic E-state index is 0.0111. The van der Waals surface area contributed by atoms with Gasteiger partial charge in [-0.1, -0.05) is 18.1 Å². The zero-order chi connectivity index (χ0) is 19.2. The molecular weight excluding hydrogens is 343 g/mol. The van der Waals surface area contributed by atoms with Crippen molar-refractivity contribution in [3.05, 3.63) is 53.8 Å². The third kappa shape index (κ3) is 3.11. The van der Waals surface area contributed by atoms with Crippen LogP contribution in [-0.2, 0) is 15.9 Å². The summed E-state index contributed by atoms with van der Waals surface area (Å²) in [6.45, 7) is 9.09. The summed E-state index contributed by atoms with van der Waals surface area (Å²) >= 11 is 0. The SMILES string of the molecule is CC1(C)OB(/C=C/CN2Cc3c(cccc3-c3ncco3)C2=O)OC1(C)C. The Morgan fingerprint density at radius 1 is 1.19 bits per heavy atom. The molecule has 0 spiro atoms. The van der Waals surface area contributed by atoms with Crippen LogP contribution in [0.1, 0.15) is 43.6 Å². The molecule has 0 saturated carbocycles. The molecule has 140 valence electrons. The summed E-state index contributed by atoms with van der Waals surface area (Å²) < 4.78 is 17.3. The van der Waals surface area contributed by atoms with Gasteiger partial charge in [-0.15, -0.1) is 0 Å². The lowest BCUT2D eigenvalue weighted by molar-refractivity contribution is 0.00578. The molecule has 0 bridgehead atoms. The van der Waals surface area contributed by atoms with Gasteiger partial charge in [0, 0.05) is 24.2 Å². The highest BCUT2D eigenvalue weighted by Crippen LogP contribution is 2.37. The number of hydrogen-bond donors (Lipinski definition) is 0. The monoisotopic (exact) mass is 366 g/mol. The summed E-state index contributed by atoms with van der Waals surface area (Å²) in [4.78, 5) is 18.7. The molecule has 0 N–H and O–H groups in total. The molecule has 1 aromatic carbocycles. The average Bonchev–Trinajstić information content (AvgIpc) is 3.27. The first-order chi connectivity index (χ1) is 12.8. The zero-order valence-corrected chi connectivity index (χ0v) is 16.1. The largest absolute Gasteiger partial charge is 0.486 e. The third-order valence-electron chi connectivity index (χ3n) is 5.60. The molecule has 6 nitrogen and oxygen atoms in total. The van der Waals surface area contributed by atoms with Crippen molar-refractivity contribution in [2.24, 2.45) is 0 Å². The van der Waals surface area contributed by atoms with Crippen LogP contribution in [0.5, 0.6) is 0 Å². The van der Waals surface area contributed by atoms with Gasteiger partial charge in [-0.05, 0) is 45.4 Å². The van der Waals surface area contributed by atoms with E-state index in [1.807, 2.05) is 57.9 Å². The summed E-state index contributed by atoms with van der Waals surface area (Å²) in [5, 5.41) is 0. The number of carbonyl (C=O) groups excluding carboxylic acids is 1. The fraction of sp³-hybridized carbons (Fsp3) is 0.400. The van der Waals surface area contributed by atoms with Crippen molar-refractivity contribution in [2.75, 3.05) is 6.54 Å². The maximum absolute atomic E-state index is 12.7. The van der Waals surface area contributed by atoms with Crippen LogP contribution in [-0.4, -0.2) is 40.7 Å². The van der Waals surface area contributed by atoms with Crippen molar-refractivity contribution in [2.45, 2.75) is 45.4 Å². The minimum atomic E-state index is -0.405. The summed E-state index contributed by atoms with van der Waals surface area (Å²) in [5.41, 5.74) is 1.78. The van der Waals surface area contributed by atoms with E-state index in [4.69, 9.17) is 13.7 Å². The summed E-state index contributed by atoms with van der Waals surface area (Å²) in [5.74, 6) is 2.42. The quantitative estimate of drug-likeness (QED) is 0.775. The van der Waals surface area contributed by atoms with E-state index in [2.05, 4.69) is 4.98 Å². The first kappa shape index (κ1) is 18.0. The molecule has 1 fully saturated rings. The van der Waals surface area contributed by atoms with Crippen LogP contribution in [0.4, 0.5) is 0 Å². The normalized spacial score (nSPS) is 20.7. The topological polar surface area (TPSA) is 64.8 Å². The van der Waals surface area contributed by atoms with Gasteiger partial charge in [-0.3, -0.25) is 4.79 Å². The zero-order valence-electron chi connectivity index (χ0n) is 16.1. The van der Waals surface area contributed by atoms with Crippen molar-refractivity contribution < 1.29 is 18.5 Å². The Hall–Kier alpha value is -2.38. The number of rotatable bonds is 4. The molecule has 0 atom stereocenters. The number of fused-ring (bicyclic) bond motifs is 1. The molecule has 2 aliphatic heterocycles. The molecule has 0 unspecified atom stereocenters. The molecule has 1 aromatic heterocycles. The van der Waals surface area contributed by atoms with Crippen LogP contribution in [0, 0.1) is 0 Å². The molecule has 1 saturated heterocycles. The average molecular weight is 366 g/mol. The molecule has 3 heterocycles. The Morgan fingerprint density at radius 2 is 1.89 bits per heavy atom. The smallest absolute Gasteiger partial charge is 0.445 e. The maximum atomic E-state index is 12.7. The predicted octanol–water partition coefficient (Wildman–Crippen LogP) is 3.49. The van der Waals surface area contributed by atoms with Crippen molar-refractivity contribution in [1.82, 2.24) is 9.88 Å². The predicted molar refractivity (Wildman–Crippen MR) is 102 cm³/mol. The molecule has 7 heteroatoms. The minimum Gasteiger partial charge on any atom is -0.445 e. The summed E-state index contributed by atoms with van der Waals surface area (Å²) in [6, 6.07) is 5.64. The van der Waals surface area contributed by atoms with Gasteiger partial charge in [0.1, 0.15) is 6.26 Å². The number of oxazole rings is 1. The third-order valence-corrected chi connectivity index (χ3v) is 5.60. The second-order valence-electron chi connectivity index (χ2n) is 7.91. The molecule has 27 heavy (non-hydrogen) atoms. The lowest BCUT2D eigenvalue weighted by Crippen LogP contribution is -2.41. The van der Waals surface area contributed by atoms with Crippen molar-refractivity contribution >= 4 is 13.0 Å². The van der Waals surface area contributed by atoms with Gasteiger partial charge in [0.15, 0.2) is 0 Å². The highest BCUT2D eigenvalue weighted by Gasteiger charge is 2.50. The van der Waals surface area contributed by atoms with E-state index in [0.717, 1.165) is 11.1 Å². The van der Waals surface area contributed by atoms with Gasteiger partial charge < -0.3 is 18.6 Å². The van der Waals surface area contributed by atoms with Crippen LogP contribution in [0.15, 0.2) is 47.1 Å². The van der Waals surface area contributed by atoms with E-state index in [9.17, 15) is 4.79 Å². The number of nitrogens with zero attached hydrogens (tertiary/aromatic N) is 2. The van der Waals surface area contributed by atoms with Crippen molar-refractivity contribution in [3.8, 4) is 11.5 Å². The molecule has 2 aromatic rings. The number of benzene rings is 1. The first-order valence-corrected chi connectivity index (χ1v) is 9.12. The van der Waals surface area contributed by atoms with Gasteiger partial charge in [-0.25, -0.2) is 4.98 Å². The fourth-order valence-electron chi connectivity index (χ4n) is 3.36. The van der Waals surface area contributed by atoms with Gasteiger partial charge in [0.25, 0.3) is 5.91 Å². The van der Waals surface area contributed by atoms with Crippen LogP contribution < -0.4 is 0 Å². The lowest BCUT2D eigenvalue weighted by Gasteiger charge is -2.32. The second-order valence-corrected chi connectivity index (χ2v) is 7.91. The van der Waals surface area contributed by atoms with Gasteiger partial charge >= 0.3 is 7.12 Å². The van der Waals surface area contributed by atoms with E-state index in [0.29, 0.717) is 24.5 Å². The van der Waals surface area contributed by atoms with Gasteiger partial charge in [-0.2, -0.15) is 0 Å². The Kier molecular flexibility index (Phi) is 4.24. The Bertz CT molecular complexity index is 873. The van der Waals surface area contributed by atoms with E-state index >= 15 is 0 Å². The van der Waals surface area contributed by atoms with E-state index in [1.54, 1.807) is 11.1 Å². The number of carbonyl (C=O) groups is 1. The van der Waals surface area contributed by atoms with Crippen molar-refractivity contribution in [1.29, 1.82) is 0 Å². The molecule has 0 radical (unpaired) electrons. The lowest BCUT2D eigenvalue weighted by atomic mass is 9.90. The molecular formula is C20H23BN2O4. The standard InChI is InChI=1S/C20H23BN2O4/c1-19(2)20(3,4)27-21(26-19)9-6-11-23-13-16-14(17-22-10-12-25-17)7-5-8-15(16)18(23)24/h5-10,12H,11,13H2,1-4H3/b9-6+. The highest BCUT2D eigenvalue weighted by atomic mass is 16.7. The van der Waals surface area contributed by atoms with Gasteiger partial charge in [0.2, 0.25) is 5.89 Å². The van der Waals surface area contributed by atoms with Crippen molar-refractivity contribution in [3.63, 3.8) is 0 Å². The second kappa shape index (κ2) is 6.35. The number of amides is 1. The van der Waals surface area contributed by atoms with Crippen LogP contribution >= 0.6 is 0 Å². The van der Waals surface area contributed by atoms with Crippen LogP contribution in [0.25, 0.3) is 11.5 Å². The van der Waals surface area contributed by atoms with E-state index in [1.165, 1.54) is 6.26 Å².